The van der Waals surface area contributed by atoms with E-state index in [1.165, 1.54) is 0 Å². The van der Waals surface area contributed by atoms with Gasteiger partial charge in [0.2, 0.25) is 5.91 Å². The van der Waals surface area contributed by atoms with Gasteiger partial charge in [-0.05, 0) is 24.1 Å². The first-order valence-electron chi connectivity index (χ1n) is 5.02. The van der Waals surface area contributed by atoms with E-state index < -0.39 is 11.7 Å². The minimum absolute atomic E-state index is 0.0362. The fourth-order valence-corrected chi connectivity index (χ4v) is 1.28. The second-order valence-corrected chi connectivity index (χ2v) is 3.37. The Morgan fingerprint density at radius 2 is 2.12 bits per heavy atom. The largest absolute Gasteiger partial charge is 0.355 e. The molecule has 0 aromatic heterocycles. The lowest BCUT2D eigenvalue weighted by molar-refractivity contribution is -0.120. The zero-order valence-corrected chi connectivity index (χ0v) is 8.80. The van der Waals surface area contributed by atoms with Gasteiger partial charge in [-0.3, -0.25) is 4.79 Å². The average molecular weight is 228 g/mol. The van der Waals surface area contributed by atoms with Crippen molar-refractivity contribution in [2.24, 2.45) is 5.73 Å². The third-order valence-corrected chi connectivity index (χ3v) is 2.05. The van der Waals surface area contributed by atoms with Crippen molar-refractivity contribution >= 4 is 5.91 Å². The molecule has 0 unspecified atom stereocenters. The Balaban J connectivity index is 2.56. The van der Waals surface area contributed by atoms with Crippen molar-refractivity contribution in [3.8, 4) is 0 Å². The standard InChI is InChI=1S/C11H14F2N2O/c12-9-3-1-2-8(6-10(9)13)7-11(16)15-5-4-14/h2-3,6H,1,4-5,7,14H2,(H,15,16). The Kier molecular flexibility index (Phi) is 4.85. The summed E-state index contributed by atoms with van der Waals surface area (Å²) in [5.41, 5.74) is 5.68. The Morgan fingerprint density at radius 3 is 2.81 bits per heavy atom. The Bertz CT molecular complexity index is 359. The maximum Gasteiger partial charge on any atom is 0.224 e. The molecule has 1 rings (SSSR count). The number of nitrogens with one attached hydrogen (secondary N) is 1. The minimum Gasteiger partial charge on any atom is -0.355 e. The molecule has 1 aliphatic carbocycles. The second-order valence-electron chi connectivity index (χ2n) is 3.37. The molecule has 88 valence electrons. The Hall–Kier alpha value is -1.49. The normalized spacial score (nSPS) is 15.8. The lowest BCUT2D eigenvalue weighted by Crippen LogP contribution is -2.28. The van der Waals surface area contributed by atoms with E-state index in [0.29, 0.717) is 18.7 Å². The SMILES string of the molecule is NCCNC(=O)CC1=CCC=C(F)C(F)=C1. The molecular weight excluding hydrogens is 214 g/mol. The summed E-state index contributed by atoms with van der Waals surface area (Å²) >= 11 is 0. The molecule has 1 aliphatic rings. The van der Waals surface area contributed by atoms with Crippen molar-refractivity contribution in [3.05, 3.63) is 35.5 Å². The predicted octanol–water partition coefficient (Wildman–Crippen LogP) is 1.49. The number of carbonyl (C=O) groups is 1. The van der Waals surface area contributed by atoms with Gasteiger partial charge in [0.25, 0.3) is 0 Å². The van der Waals surface area contributed by atoms with Gasteiger partial charge >= 0.3 is 0 Å². The summed E-state index contributed by atoms with van der Waals surface area (Å²) in [5, 5.41) is 2.56. The van der Waals surface area contributed by atoms with Crippen LogP contribution in [0.15, 0.2) is 35.5 Å². The summed E-state index contributed by atoms with van der Waals surface area (Å²) in [7, 11) is 0. The molecule has 0 fully saturated rings. The highest BCUT2D eigenvalue weighted by atomic mass is 19.2. The predicted molar refractivity (Wildman–Crippen MR) is 57.8 cm³/mol. The number of allylic oxidation sites excluding steroid dienone is 5. The van der Waals surface area contributed by atoms with Crippen LogP contribution in [0.1, 0.15) is 12.8 Å². The zero-order chi connectivity index (χ0) is 12.0. The molecule has 0 atom stereocenters. The van der Waals surface area contributed by atoms with Crippen LogP contribution in [0.2, 0.25) is 0 Å². The van der Waals surface area contributed by atoms with Gasteiger partial charge in [0, 0.05) is 13.1 Å². The molecular formula is C11H14F2N2O. The number of carbonyl (C=O) groups excluding carboxylic acids is 1. The van der Waals surface area contributed by atoms with Crippen LogP contribution in [0.25, 0.3) is 0 Å². The number of hydrogen-bond donors (Lipinski definition) is 2. The molecule has 0 bridgehead atoms. The Morgan fingerprint density at radius 1 is 1.38 bits per heavy atom. The van der Waals surface area contributed by atoms with Crippen LogP contribution < -0.4 is 11.1 Å². The van der Waals surface area contributed by atoms with Crippen molar-refractivity contribution in [3.63, 3.8) is 0 Å². The molecule has 3 N–H and O–H groups in total. The van der Waals surface area contributed by atoms with Crippen molar-refractivity contribution in [2.45, 2.75) is 12.8 Å². The van der Waals surface area contributed by atoms with Crippen LogP contribution in [-0.4, -0.2) is 19.0 Å². The highest BCUT2D eigenvalue weighted by Gasteiger charge is 2.10. The monoisotopic (exact) mass is 228 g/mol. The molecule has 16 heavy (non-hydrogen) atoms. The topological polar surface area (TPSA) is 55.1 Å². The third-order valence-electron chi connectivity index (χ3n) is 2.05. The number of amides is 1. The molecule has 0 saturated carbocycles. The third kappa shape index (κ3) is 3.94. The van der Waals surface area contributed by atoms with Gasteiger partial charge < -0.3 is 11.1 Å². The van der Waals surface area contributed by atoms with E-state index in [1.807, 2.05) is 0 Å². The maximum absolute atomic E-state index is 13.0. The van der Waals surface area contributed by atoms with Crippen LogP contribution >= 0.6 is 0 Å². The Labute approximate surface area is 92.7 Å². The summed E-state index contributed by atoms with van der Waals surface area (Å²) in [6.07, 6.45) is 4.12. The molecule has 0 spiro atoms. The molecule has 0 aliphatic heterocycles. The van der Waals surface area contributed by atoms with E-state index in [4.69, 9.17) is 5.73 Å². The average Bonchev–Trinajstić information content (AvgIpc) is 2.39. The molecule has 3 nitrogen and oxygen atoms in total. The van der Waals surface area contributed by atoms with E-state index in [1.54, 1.807) is 6.08 Å². The van der Waals surface area contributed by atoms with Crippen LogP contribution in [0.4, 0.5) is 8.78 Å². The summed E-state index contributed by atoms with van der Waals surface area (Å²) < 4.78 is 25.8. The smallest absolute Gasteiger partial charge is 0.224 e. The first kappa shape index (κ1) is 12.6. The first-order valence-corrected chi connectivity index (χ1v) is 5.02. The molecule has 0 aromatic rings. The van der Waals surface area contributed by atoms with Gasteiger partial charge in [-0.1, -0.05) is 6.08 Å². The van der Waals surface area contributed by atoms with Gasteiger partial charge in [-0.25, -0.2) is 8.78 Å². The summed E-state index contributed by atoms with van der Waals surface area (Å²) in [6.45, 7) is 0.732. The van der Waals surface area contributed by atoms with Crippen molar-refractivity contribution in [2.75, 3.05) is 13.1 Å². The highest BCUT2D eigenvalue weighted by Crippen LogP contribution is 2.21. The molecule has 0 aromatic carbocycles. The lowest BCUT2D eigenvalue weighted by Gasteiger charge is -2.03. The number of hydrogen-bond acceptors (Lipinski definition) is 2. The fourth-order valence-electron chi connectivity index (χ4n) is 1.28. The number of rotatable bonds is 4. The molecule has 5 heteroatoms. The van der Waals surface area contributed by atoms with Gasteiger partial charge in [-0.15, -0.1) is 0 Å². The second kappa shape index (κ2) is 6.17. The molecule has 0 heterocycles. The van der Waals surface area contributed by atoms with Crippen LogP contribution in [0, 0.1) is 0 Å². The van der Waals surface area contributed by atoms with Crippen molar-refractivity contribution in [1.29, 1.82) is 0 Å². The molecule has 0 saturated heterocycles. The first-order chi connectivity index (χ1) is 7.63. The van der Waals surface area contributed by atoms with Gasteiger partial charge in [0.05, 0.1) is 6.42 Å². The number of nitrogens with two attached hydrogens (primary N) is 1. The van der Waals surface area contributed by atoms with E-state index in [2.05, 4.69) is 5.32 Å². The molecule has 1 amide bonds. The van der Waals surface area contributed by atoms with Crippen LogP contribution in [0.5, 0.6) is 0 Å². The van der Waals surface area contributed by atoms with Gasteiger partial charge in [0.1, 0.15) is 0 Å². The van der Waals surface area contributed by atoms with E-state index in [0.717, 1.165) is 12.2 Å². The van der Waals surface area contributed by atoms with Gasteiger partial charge in [0.15, 0.2) is 11.7 Å². The minimum atomic E-state index is -0.935. The number of halogens is 2. The van der Waals surface area contributed by atoms with E-state index >= 15 is 0 Å². The van der Waals surface area contributed by atoms with Crippen LogP contribution in [0.3, 0.4) is 0 Å². The molecule has 0 radical (unpaired) electrons. The maximum atomic E-state index is 13.0. The fraction of sp³-hybridized carbons (Fsp3) is 0.364. The summed E-state index contributed by atoms with van der Waals surface area (Å²) in [4.78, 5) is 11.3. The summed E-state index contributed by atoms with van der Waals surface area (Å²) in [5.74, 6) is -2.06. The zero-order valence-electron chi connectivity index (χ0n) is 8.80. The highest BCUT2D eigenvalue weighted by molar-refractivity contribution is 5.79. The van der Waals surface area contributed by atoms with E-state index in [9.17, 15) is 13.6 Å². The summed E-state index contributed by atoms with van der Waals surface area (Å²) in [6, 6.07) is 0. The van der Waals surface area contributed by atoms with Crippen molar-refractivity contribution < 1.29 is 13.6 Å². The van der Waals surface area contributed by atoms with Gasteiger partial charge in [-0.2, -0.15) is 0 Å². The lowest BCUT2D eigenvalue weighted by atomic mass is 10.1. The van der Waals surface area contributed by atoms with E-state index in [-0.39, 0.29) is 18.7 Å². The van der Waals surface area contributed by atoms with Crippen molar-refractivity contribution in [1.82, 2.24) is 5.32 Å². The quantitative estimate of drug-likeness (QED) is 0.766. The van der Waals surface area contributed by atoms with Crippen LogP contribution in [-0.2, 0) is 4.79 Å².